The lowest BCUT2D eigenvalue weighted by Crippen LogP contribution is -2.01. The Hall–Kier alpha value is -2.34. The SMILES string of the molecule is C.C.CCC(C)c1ccccc1.Cc1cccc(C(C)CC(C)c2ccccc2)c1. The summed E-state index contributed by atoms with van der Waals surface area (Å²) in [6, 6.07) is 30.3. The van der Waals surface area contributed by atoms with Gasteiger partial charge in [0.05, 0.1) is 0 Å². The van der Waals surface area contributed by atoms with Crippen LogP contribution in [-0.2, 0) is 0 Å². The molecule has 0 aliphatic rings. The quantitative estimate of drug-likeness (QED) is 0.383. The van der Waals surface area contributed by atoms with Crippen molar-refractivity contribution in [3.05, 3.63) is 107 Å². The van der Waals surface area contributed by atoms with Gasteiger partial charge in [0, 0.05) is 0 Å². The first-order valence-electron chi connectivity index (χ1n) is 10.7. The predicted molar refractivity (Wildman–Crippen MR) is 138 cm³/mol. The van der Waals surface area contributed by atoms with Gasteiger partial charge in [-0.25, -0.2) is 0 Å². The molecule has 3 aromatic rings. The van der Waals surface area contributed by atoms with E-state index in [0.717, 1.165) is 0 Å². The number of benzene rings is 3. The van der Waals surface area contributed by atoms with Crippen LogP contribution in [0, 0.1) is 6.92 Å². The Morgan fingerprint density at radius 2 is 1.00 bits per heavy atom. The molecule has 0 radical (unpaired) electrons. The molecular formula is C30H44. The minimum absolute atomic E-state index is 0. The summed E-state index contributed by atoms with van der Waals surface area (Å²) in [5.41, 5.74) is 5.70. The number of hydrogen-bond donors (Lipinski definition) is 0. The first kappa shape index (κ1) is 27.7. The monoisotopic (exact) mass is 404 g/mol. The molecule has 0 saturated carbocycles. The van der Waals surface area contributed by atoms with Gasteiger partial charge in [0.2, 0.25) is 0 Å². The van der Waals surface area contributed by atoms with E-state index in [4.69, 9.17) is 0 Å². The van der Waals surface area contributed by atoms with Crippen molar-refractivity contribution in [1.82, 2.24) is 0 Å². The van der Waals surface area contributed by atoms with Crippen molar-refractivity contribution in [3.63, 3.8) is 0 Å². The highest BCUT2D eigenvalue weighted by molar-refractivity contribution is 5.26. The number of hydrogen-bond acceptors (Lipinski definition) is 0. The van der Waals surface area contributed by atoms with E-state index in [-0.39, 0.29) is 14.9 Å². The molecule has 0 aromatic heterocycles. The van der Waals surface area contributed by atoms with Crippen LogP contribution in [0.3, 0.4) is 0 Å². The summed E-state index contributed by atoms with van der Waals surface area (Å²) in [4.78, 5) is 0. The highest BCUT2D eigenvalue weighted by Gasteiger charge is 2.12. The maximum atomic E-state index is 2.33. The fourth-order valence-corrected chi connectivity index (χ4v) is 3.58. The molecule has 3 atom stereocenters. The smallest absolute Gasteiger partial charge is 0.0185 e. The van der Waals surface area contributed by atoms with E-state index in [0.29, 0.717) is 17.8 Å². The molecule has 0 spiro atoms. The Kier molecular flexibility index (Phi) is 13.5. The number of rotatable bonds is 6. The maximum Gasteiger partial charge on any atom is -0.0185 e. The van der Waals surface area contributed by atoms with Crippen LogP contribution >= 0.6 is 0 Å². The predicted octanol–water partition coefficient (Wildman–Crippen LogP) is 9.76. The molecule has 0 fully saturated rings. The van der Waals surface area contributed by atoms with Crippen LogP contribution in [0.4, 0.5) is 0 Å². The molecule has 30 heavy (non-hydrogen) atoms. The molecule has 3 unspecified atom stereocenters. The first-order valence-corrected chi connectivity index (χ1v) is 10.7. The van der Waals surface area contributed by atoms with Crippen molar-refractivity contribution < 1.29 is 0 Å². The molecule has 0 amide bonds. The van der Waals surface area contributed by atoms with Crippen molar-refractivity contribution in [2.24, 2.45) is 0 Å². The maximum absolute atomic E-state index is 2.33. The van der Waals surface area contributed by atoms with Crippen molar-refractivity contribution >= 4 is 0 Å². The summed E-state index contributed by atoms with van der Waals surface area (Å²) in [5.74, 6) is 1.93. The van der Waals surface area contributed by atoms with E-state index in [1.165, 1.54) is 35.1 Å². The van der Waals surface area contributed by atoms with E-state index >= 15 is 0 Å². The van der Waals surface area contributed by atoms with Gasteiger partial charge in [0.1, 0.15) is 0 Å². The second kappa shape index (κ2) is 14.6. The van der Waals surface area contributed by atoms with Crippen molar-refractivity contribution in [2.45, 2.75) is 80.1 Å². The van der Waals surface area contributed by atoms with E-state index < -0.39 is 0 Å². The lowest BCUT2D eigenvalue weighted by Gasteiger charge is -2.18. The van der Waals surface area contributed by atoms with Gasteiger partial charge in [-0.2, -0.15) is 0 Å². The summed E-state index contributed by atoms with van der Waals surface area (Å²) in [6.45, 7) is 11.3. The zero-order valence-corrected chi connectivity index (χ0v) is 18.2. The highest BCUT2D eigenvalue weighted by Crippen LogP contribution is 2.29. The molecular weight excluding hydrogens is 360 g/mol. The van der Waals surface area contributed by atoms with Crippen molar-refractivity contribution in [2.75, 3.05) is 0 Å². The van der Waals surface area contributed by atoms with Crippen LogP contribution in [0.1, 0.15) is 95.4 Å². The third kappa shape index (κ3) is 8.99. The lowest BCUT2D eigenvalue weighted by atomic mass is 9.87. The normalized spacial score (nSPS) is 12.8. The largest absolute Gasteiger partial charge is 0.0776 e. The average molecular weight is 405 g/mol. The fourth-order valence-electron chi connectivity index (χ4n) is 3.58. The lowest BCUT2D eigenvalue weighted by molar-refractivity contribution is 0.593. The molecule has 3 rings (SSSR count). The van der Waals surface area contributed by atoms with Gasteiger partial charge in [0.15, 0.2) is 0 Å². The van der Waals surface area contributed by atoms with Gasteiger partial charge < -0.3 is 0 Å². The first-order chi connectivity index (χ1) is 13.5. The Bertz CT molecular complexity index is 789. The third-order valence-corrected chi connectivity index (χ3v) is 5.67. The summed E-state index contributed by atoms with van der Waals surface area (Å²) < 4.78 is 0. The zero-order chi connectivity index (χ0) is 20.4. The van der Waals surface area contributed by atoms with E-state index in [1.54, 1.807) is 0 Å². The third-order valence-electron chi connectivity index (χ3n) is 5.67. The highest BCUT2D eigenvalue weighted by atomic mass is 14.2. The van der Waals surface area contributed by atoms with Crippen molar-refractivity contribution in [1.29, 1.82) is 0 Å². The molecule has 0 aliphatic heterocycles. The minimum atomic E-state index is 0. The van der Waals surface area contributed by atoms with Crippen molar-refractivity contribution in [3.8, 4) is 0 Å². The van der Waals surface area contributed by atoms with Crippen LogP contribution in [-0.4, -0.2) is 0 Å². The van der Waals surface area contributed by atoms with E-state index in [9.17, 15) is 0 Å². The molecule has 0 saturated heterocycles. The van der Waals surface area contributed by atoms with E-state index in [2.05, 4.69) is 120 Å². The summed E-state index contributed by atoms with van der Waals surface area (Å²) in [7, 11) is 0. The molecule has 0 bridgehead atoms. The Morgan fingerprint density at radius 3 is 1.47 bits per heavy atom. The van der Waals surface area contributed by atoms with E-state index in [1.807, 2.05) is 0 Å². The molecule has 3 aromatic carbocycles. The molecule has 0 aliphatic carbocycles. The van der Waals surface area contributed by atoms with Crippen LogP contribution in [0.15, 0.2) is 84.9 Å². The molecule has 0 heterocycles. The Labute approximate surface area is 187 Å². The van der Waals surface area contributed by atoms with Gasteiger partial charge in [-0.15, -0.1) is 0 Å². The fraction of sp³-hybridized carbons (Fsp3) is 0.400. The molecule has 0 nitrogen and oxygen atoms in total. The van der Waals surface area contributed by atoms with Gasteiger partial charge in [-0.1, -0.05) is 133 Å². The van der Waals surface area contributed by atoms with Crippen LogP contribution in [0.5, 0.6) is 0 Å². The van der Waals surface area contributed by atoms with Crippen LogP contribution in [0.25, 0.3) is 0 Å². The average Bonchev–Trinajstić information content (AvgIpc) is 2.75. The Balaban J connectivity index is 0.000000604. The number of aryl methyl sites for hydroxylation is 1. The minimum Gasteiger partial charge on any atom is -0.0776 e. The van der Waals surface area contributed by atoms with Crippen LogP contribution in [0.2, 0.25) is 0 Å². The summed E-state index contributed by atoms with van der Waals surface area (Å²) in [6.07, 6.45) is 2.43. The van der Waals surface area contributed by atoms with Gasteiger partial charge in [-0.3, -0.25) is 0 Å². The second-order valence-corrected chi connectivity index (χ2v) is 8.08. The molecule has 0 N–H and O–H groups in total. The summed E-state index contributed by atoms with van der Waals surface area (Å²) in [5, 5.41) is 0. The zero-order valence-electron chi connectivity index (χ0n) is 18.2. The second-order valence-electron chi connectivity index (χ2n) is 8.08. The topological polar surface area (TPSA) is 0 Å². The molecule has 0 heteroatoms. The standard InChI is InChI=1S/C18H22.C10H14.2CH4/c1-14-8-7-11-18(12-14)16(3)13-15(2)17-9-5-4-6-10-17;1-3-9(2)10-7-5-4-6-8-10;;/h4-12,15-16H,13H2,1-3H3;4-9H,3H2,1-2H3;2*1H4. The van der Waals surface area contributed by atoms with Gasteiger partial charge in [-0.05, 0) is 54.2 Å². The molecule has 164 valence electrons. The van der Waals surface area contributed by atoms with Gasteiger partial charge >= 0.3 is 0 Å². The summed E-state index contributed by atoms with van der Waals surface area (Å²) >= 11 is 0. The van der Waals surface area contributed by atoms with Crippen LogP contribution < -0.4 is 0 Å². The van der Waals surface area contributed by atoms with Gasteiger partial charge in [0.25, 0.3) is 0 Å². The Morgan fingerprint density at radius 1 is 0.567 bits per heavy atom.